The lowest BCUT2D eigenvalue weighted by atomic mass is 10.3. The molecular formula is C11H12FNO4S. The number of anilines is 1. The number of amides is 1. The molecule has 0 aromatic heterocycles. The Morgan fingerprint density at radius 3 is 2.78 bits per heavy atom. The zero-order chi connectivity index (χ0) is 13.5. The van der Waals surface area contributed by atoms with Crippen LogP contribution in [0.3, 0.4) is 0 Å². The summed E-state index contributed by atoms with van der Waals surface area (Å²) in [5, 5.41) is 10.9. The number of carboxylic acids is 1. The average molecular weight is 273 g/mol. The molecule has 1 amide bonds. The Morgan fingerprint density at radius 2 is 2.17 bits per heavy atom. The van der Waals surface area contributed by atoms with E-state index < -0.39 is 11.8 Å². The van der Waals surface area contributed by atoms with Gasteiger partial charge in [0.1, 0.15) is 0 Å². The lowest BCUT2D eigenvalue weighted by Gasteiger charge is -2.07. The molecule has 0 atom stereocenters. The normalized spacial score (nSPS) is 9.89. The predicted octanol–water partition coefficient (Wildman–Crippen LogP) is 1.59. The van der Waals surface area contributed by atoms with Crippen molar-refractivity contribution < 1.29 is 23.8 Å². The van der Waals surface area contributed by atoms with Crippen LogP contribution < -0.4 is 10.1 Å². The molecular weight excluding hydrogens is 261 g/mol. The number of ether oxygens (including phenoxy) is 1. The van der Waals surface area contributed by atoms with E-state index in [1.54, 1.807) is 0 Å². The third-order valence-corrected chi connectivity index (χ3v) is 2.81. The van der Waals surface area contributed by atoms with Gasteiger partial charge < -0.3 is 15.2 Å². The van der Waals surface area contributed by atoms with Crippen LogP contribution in [0.25, 0.3) is 0 Å². The fourth-order valence-electron chi connectivity index (χ4n) is 1.17. The van der Waals surface area contributed by atoms with Crippen molar-refractivity contribution in [1.29, 1.82) is 0 Å². The summed E-state index contributed by atoms with van der Waals surface area (Å²) in [5.41, 5.74) is 0.397. The number of hydrogen-bond donors (Lipinski definition) is 2. The second-order valence-corrected chi connectivity index (χ2v) is 4.27. The van der Waals surface area contributed by atoms with Crippen molar-refractivity contribution in [1.82, 2.24) is 0 Å². The number of carboxylic acid groups (broad SMARTS) is 1. The zero-order valence-corrected chi connectivity index (χ0v) is 10.4. The minimum absolute atomic E-state index is 0.0198. The number of methoxy groups -OCH3 is 1. The molecule has 7 heteroatoms. The van der Waals surface area contributed by atoms with Crippen LogP contribution >= 0.6 is 11.8 Å². The number of thioether (sulfide) groups is 1. The Bertz CT molecular complexity index is 453. The highest BCUT2D eigenvalue weighted by atomic mass is 32.2. The van der Waals surface area contributed by atoms with E-state index in [1.165, 1.54) is 25.3 Å². The SMILES string of the molecule is COc1cc(NC(=O)CSCC(=O)O)ccc1F. The summed E-state index contributed by atoms with van der Waals surface area (Å²) in [6, 6.07) is 3.94. The molecule has 0 saturated heterocycles. The Hall–Kier alpha value is -1.76. The number of aliphatic carboxylic acids is 1. The van der Waals surface area contributed by atoms with Crippen LogP contribution in [0.5, 0.6) is 5.75 Å². The van der Waals surface area contributed by atoms with E-state index in [0.717, 1.165) is 11.8 Å². The standard InChI is InChI=1S/C11H12FNO4S/c1-17-9-4-7(2-3-8(9)12)13-10(14)5-18-6-11(15)16/h2-4H,5-6H2,1H3,(H,13,14)(H,15,16). The summed E-state index contributed by atoms with van der Waals surface area (Å²) in [7, 11) is 1.33. The van der Waals surface area contributed by atoms with Crippen molar-refractivity contribution in [2.45, 2.75) is 0 Å². The maximum Gasteiger partial charge on any atom is 0.313 e. The van der Waals surface area contributed by atoms with Crippen molar-refractivity contribution in [3.05, 3.63) is 24.0 Å². The molecule has 0 bridgehead atoms. The molecule has 1 aromatic rings. The van der Waals surface area contributed by atoms with Gasteiger partial charge in [-0.1, -0.05) is 0 Å². The highest BCUT2D eigenvalue weighted by Gasteiger charge is 2.07. The van der Waals surface area contributed by atoms with Gasteiger partial charge in [0.15, 0.2) is 11.6 Å². The maximum absolute atomic E-state index is 13.1. The maximum atomic E-state index is 13.1. The molecule has 18 heavy (non-hydrogen) atoms. The predicted molar refractivity (Wildman–Crippen MR) is 66.5 cm³/mol. The van der Waals surface area contributed by atoms with Gasteiger partial charge >= 0.3 is 5.97 Å². The van der Waals surface area contributed by atoms with E-state index in [9.17, 15) is 14.0 Å². The first-order valence-corrected chi connectivity index (χ1v) is 6.11. The number of halogens is 1. The molecule has 0 spiro atoms. The van der Waals surface area contributed by atoms with E-state index in [1.807, 2.05) is 0 Å². The fourth-order valence-corrected chi connectivity index (χ4v) is 1.70. The van der Waals surface area contributed by atoms with Crippen molar-refractivity contribution >= 4 is 29.3 Å². The van der Waals surface area contributed by atoms with E-state index >= 15 is 0 Å². The third-order valence-electron chi connectivity index (χ3n) is 1.89. The first-order chi connectivity index (χ1) is 8.52. The van der Waals surface area contributed by atoms with Crippen LogP contribution in [-0.2, 0) is 9.59 Å². The van der Waals surface area contributed by atoms with Gasteiger partial charge in [0, 0.05) is 11.8 Å². The van der Waals surface area contributed by atoms with Gasteiger partial charge in [0.05, 0.1) is 18.6 Å². The van der Waals surface area contributed by atoms with Crippen molar-refractivity contribution in [2.24, 2.45) is 0 Å². The molecule has 0 aliphatic heterocycles. The minimum Gasteiger partial charge on any atom is -0.494 e. The molecule has 0 unspecified atom stereocenters. The van der Waals surface area contributed by atoms with Crippen molar-refractivity contribution in [3.8, 4) is 5.75 Å². The number of benzene rings is 1. The van der Waals surface area contributed by atoms with Gasteiger partial charge in [-0.05, 0) is 12.1 Å². The third kappa shape index (κ3) is 4.62. The Kier molecular flexibility index (Phi) is 5.44. The number of carbonyl (C=O) groups excluding carboxylic acids is 1. The zero-order valence-electron chi connectivity index (χ0n) is 9.60. The summed E-state index contributed by atoms with van der Waals surface area (Å²) >= 11 is 0.985. The van der Waals surface area contributed by atoms with Crippen LogP contribution in [0, 0.1) is 5.82 Å². The van der Waals surface area contributed by atoms with Gasteiger partial charge in [-0.3, -0.25) is 9.59 Å². The number of nitrogens with one attached hydrogen (secondary N) is 1. The number of carbonyl (C=O) groups is 2. The molecule has 2 N–H and O–H groups in total. The van der Waals surface area contributed by atoms with Gasteiger partial charge in [-0.25, -0.2) is 4.39 Å². The first-order valence-electron chi connectivity index (χ1n) is 4.96. The summed E-state index contributed by atoms with van der Waals surface area (Å²) in [4.78, 5) is 21.7. The minimum atomic E-state index is -0.976. The lowest BCUT2D eigenvalue weighted by molar-refractivity contribution is -0.133. The molecule has 0 aliphatic carbocycles. The van der Waals surface area contributed by atoms with Gasteiger partial charge in [-0.15, -0.1) is 11.8 Å². The van der Waals surface area contributed by atoms with E-state index in [2.05, 4.69) is 5.32 Å². The summed E-state index contributed by atoms with van der Waals surface area (Å²) in [6.45, 7) is 0. The topological polar surface area (TPSA) is 75.6 Å². The molecule has 0 heterocycles. The van der Waals surface area contributed by atoms with Crippen LogP contribution in [-0.4, -0.2) is 35.6 Å². The summed E-state index contributed by atoms with van der Waals surface area (Å²) < 4.78 is 17.9. The summed E-state index contributed by atoms with van der Waals surface area (Å²) in [5.74, 6) is -1.93. The molecule has 1 rings (SSSR count). The molecule has 0 radical (unpaired) electrons. The van der Waals surface area contributed by atoms with E-state index in [-0.39, 0.29) is 23.2 Å². The quantitative estimate of drug-likeness (QED) is 0.823. The van der Waals surface area contributed by atoms with Gasteiger partial charge in [-0.2, -0.15) is 0 Å². The largest absolute Gasteiger partial charge is 0.494 e. The molecule has 0 fully saturated rings. The number of rotatable bonds is 6. The Morgan fingerprint density at radius 1 is 1.44 bits per heavy atom. The second-order valence-electron chi connectivity index (χ2n) is 3.28. The average Bonchev–Trinajstić information content (AvgIpc) is 2.31. The van der Waals surface area contributed by atoms with Crippen molar-refractivity contribution in [2.75, 3.05) is 23.9 Å². The highest BCUT2D eigenvalue weighted by Crippen LogP contribution is 2.21. The van der Waals surface area contributed by atoms with Crippen LogP contribution in [0.1, 0.15) is 0 Å². The monoisotopic (exact) mass is 273 g/mol. The number of hydrogen-bond acceptors (Lipinski definition) is 4. The molecule has 5 nitrogen and oxygen atoms in total. The Labute approximate surface area is 107 Å². The smallest absolute Gasteiger partial charge is 0.313 e. The molecule has 1 aromatic carbocycles. The molecule has 0 saturated carbocycles. The first kappa shape index (κ1) is 14.3. The lowest BCUT2D eigenvalue weighted by Crippen LogP contribution is -2.15. The fraction of sp³-hybridized carbons (Fsp3) is 0.273. The van der Waals surface area contributed by atoms with Crippen LogP contribution in [0.4, 0.5) is 10.1 Å². The second kappa shape index (κ2) is 6.85. The summed E-state index contributed by atoms with van der Waals surface area (Å²) in [6.07, 6.45) is 0. The highest BCUT2D eigenvalue weighted by molar-refractivity contribution is 8.00. The van der Waals surface area contributed by atoms with Crippen LogP contribution in [0.2, 0.25) is 0 Å². The van der Waals surface area contributed by atoms with Gasteiger partial charge in [0.2, 0.25) is 5.91 Å². The van der Waals surface area contributed by atoms with E-state index in [0.29, 0.717) is 5.69 Å². The van der Waals surface area contributed by atoms with Crippen LogP contribution in [0.15, 0.2) is 18.2 Å². The molecule has 0 aliphatic rings. The molecule has 98 valence electrons. The van der Waals surface area contributed by atoms with Crippen molar-refractivity contribution in [3.63, 3.8) is 0 Å². The van der Waals surface area contributed by atoms with Gasteiger partial charge in [0.25, 0.3) is 0 Å². The van der Waals surface area contributed by atoms with E-state index in [4.69, 9.17) is 9.84 Å². The Balaban J connectivity index is 2.51.